The van der Waals surface area contributed by atoms with Crippen molar-refractivity contribution in [2.75, 3.05) is 10.8 Å². The quantitative estimate of drug-likeness (QED) is 0.224. The predicted molar refractivity (Wildman–Crippen MR) is 174 cm³/mol. The minimum atomic E-state index is -4.25. The summed E-state index contributed by atoms with van der Waals surface area (Å²) in [6.45, 7) is 1.21. The van der Waals surface area contributed by atoms with Gasteiger partial charge in [-0.1, -0.05) is 96.9 Å². The Hall–Kier alpha value is -2.49. The summed E-state index contributed by atoms with van der Waals surface area (Å²) in [5, 5.41) is 4.18. The molecule has 230 valence electrons. The highest BCUT2D eigenvalue weighted by molar-refractivity contribution is 7.92. The molecule has 1 fully saturated rings. The minimum Gasteiger partial charge on any atom is -0.352 e. The van der Waals surface area contributed by atoms with Crippen molar-refractivity contribution in [2.45, 2.75) is 69.0 Å². The SMILES string of the molecule is CCC(C(=O)NC1CCCCC1)N(Cc1ccc(Cl)c(Cl)c1)C(=O)CN(c1cc(Cl)cc(Cl)c1)S(=O)(=O)c1ccccc1. The number of rotatable bonds is 11. The van der Waals surface area contributed by atoms with Gasteiger partial charge in [0.1, 0.15) is 12.6 Å². The molecule has 0 radical (unpaired) electrons. The first-order valence-corrected chi connectivity index (χ1v) is 17.0. The van der Waals surface area contributed by atoms with E-state index in [0.717, 1.165) is 36.4 Å². The number of hydrogen-bond donors (Lipinski definition) is 1. The first-order valence-electron chi connectivity index (χ1n) is 14.1. The van der Waals surface area contributed by atoms with Gasteiger partial charge in [0.15, 0.2) is 0 Å². The van der Waals surface area contributed by atoms with Crippen molar-refractivity contribution in [3.8, 4) is 0 Å². The Morgan fingerprint density at radius 3 is 2.14 bits per heavy atom. The van der Waals surface area contributed by atoms with E-state index >= 15 is 0 Å². The third-order valence-electron chi connectivity index (χ3n) is 7.42. The maximum atomic E-state index is 14.2. The van der Waals surface area contributed by atoms with E-state index in [1.807, 2.05) is 6.92 Å². The maximum Gasteiger partial charge on any atom is 0.264 e. The molecule has 1 aliphatic rings. The fourth-order valence-electron chi connectivity index (χ4n) is 5.23. The molecule has 4 rings (SSSR count). The highest BCUT2D eigenvalue weighted by Gasteiger charge is 2.34. The molecular formula is C31H33Cl4N3O4S. The summed E-state index contributed by atoms with van der Waals surface area (Å²) < 4.78 is 28.9. The molecular weight excluding hydrogens is 652 g/mol. The molecule has 1 aliphatic carbocycles. The predicted octanol–water partition coefficient (Wildman–Crippen LogP) is 7.75. The fraction of sp³-hybridized carbons (Fsp3) is 0.355. The first kappa shape index (κ1) is 33.4. The van der Waals surface area contributed by atoms with Gasteiger partial charge in [-0.05, 0) is 67.3 Å². The number of sulfonamides is 1. The van der Waals surface area contributed by atoms with E-state index in [-0.39, 0.29) is 39.1 Å². The van der Waals surface area contributed by atoms with Crippen LogP contribution in [0, 0.1) is 0 Å². The molecule has 0 spiro atoms. The second-order valence-electron chi connectivity index (χ2n) is 10.5. The lowest BCUT2D eigenvalue weighted by Crippen LogP contribution is -2.54. The molecule has 0 heterocycles. The molecule has 1 N–H and O–H groups in total. The van der Waals surface area contributed by atoms with Crippen molar-refractivity contribution in [3.05, 3.63) is 92.4 Å². The molecule has 0 bridgehead atoms. The average Bonchev–Trinajstić information content (AvgIpc) is 2.98. The molecule has 3 aromatic rings. The summed E-state index contributed by atoms with van der Waals surface area (Å²) in [5.74, 6) is -0.876. The summed E-state index contributed by atoms with van der Waals surface area (Å²) in [6, 6.07) is 16.2. The van der Waals surface area contributed by atoms with Gasteiger partial charge in [0.05, 0.1) is 20.6 Å². The Morgan fingerprint density at radius 1 is 0.884 bits per heavy atom. The number of halogens is 4. The smallest absolute Gasteiger partial charge is 0.264 e. The van der Waals surface area contributed by atoms with E-state index in [1.54, 1.807) is 36.4 Å². The number of carbonyl (C=O) groups is 2. The van der Waals surface area contributed by atoms with Crippen LogP contribution in [0.4, 0.5) is 5.69 Å². The lowest BCUT2D eigenvalue weighted by molar-refractivity contribution is -0.140. The Labute approximate surface area is 273 Å². The Balaban J connectivity index is 1.73. The monoisotopic (exact) mass is 683 g/mol. The second-order valence-corrected chi connectivity index (χ2v) is 14.0. The van der Waals surface area contributed by atoms with Crippen LogP contribution in [0.25, 0.3) is 0 Å². The molecule has 1 atom stereocenters. The molecule has 7 nitrogen and oxygen atoms in total. The van der Waals surface area contributed by atoms with Crippen LogP contribution >= 0.6 is 46.4 Å². The topological polar surface area (TPSA) is 86.8 Å². The summed E-state index contributed by atoms with van der Waals surface area (Å²) in [5.41, 5.74) is 0.749. The zero-order chi connectivity index (χ0) is 31.1. The van der Waals surface area contributed by atoms with Gasteiger partial charge in [-0.3, -0.25) is 13.9 Å². The fourth-order valence-corrected chi connectivity index (χ4v) is 7.48. The molecule has 3 aromatic carbocycles. The van der Waals surface area contributed by atoms with Crippen molar-refractivity contribution in [1.82, 2.24) is 10.2 Å². The second kappa shape index (κ2) is 15.0. The third-order valence-corrected chi connectivity index (χ3v) is 10.4. The molecule has 1 unspecified atom stereocenters. The average molecular weight is 686 g/mol. The van der Waals surface area contributed by atoms with Crippen LogP contribution in [0.3, 0.4) is 0 Å². The zero-order valence-corrected chi connectivity index (χ0v) is 27.5. The maximum absolute atomic E-state index is 14.2. The Kier molecular flexibility index (Phi) is 11.6. The highest BCUT2D eigenvalue weighted by atomic mass is 35.5. The molecule has 12 heteroatoms. The van der Waals surface area contributed by atoms with Crippen molar-refractivity contribution in [3.63, 3.8) is 0 Å². The van der Waals surface area contributed by atoms with Crippen LogP contribution in [-0.4, -0.2) is 43.8 Å². The van der Waals surface area contributed by atoms with Crippen molar-refractivity contribution in [2.24, 2.45) is 0 Å². The van der Waals surface area contributed by atoms with Crippen LogP contribution in [-0.2, 0) is 26.2 Å². The van der Waals surface area contributed by atoms with Gasteiger partial charge in [-0.25, -0.2) is 8.42 Å². The van der Waals surface area contributed by atoms with E-state index in [2.05, 4.69) is 5.32 Å². The highest BCUT2D eigenvalue weighted by Crippen LogP contribution is 2.31. The molecule has 43 heavy (non-hydrogen) atoms. The molecule has 0 saturated heterocycles. The molecule has 2 amide bonds. The Morgan fingerprint density at radius 2 is 1.53 bits per heavy atom. The van der Waals surface area contributed by atoms with Gasteiger partial charge in [-0.2, -0.15) is 0 Å². The number of anilines is 1. The van der Waals surface area contributed by atoms with Crippen LogP contribution in [0.15, 0.2) is 71.6 Å². The lowest BCUT2D eigenvalue weighted by atomic mass is 9.95. The number of carbonyl (C=O) groups excluding carboxylic acids is 2. The van der Waals surface area contributed by atoms with Gasteiger partial charge in [0, 0.05) is 22.6 Å². The van der Waals surface area contributed by atoms with Crippen molar-refractivity contribution >= 4 is 73.9 Å². The van der Waals surface area contributed by atoms with E-state index in [9.17, 15) is 18.0 Å². The van der Waals surface area contributed by atoms with E-state index in [1.165, 1.54) is 35.2 Å². The number of amides is 2. The molecule has 0 aliphatic heterocycles. The standard InChI is InChI=1S/C31H33Cl4N3O4S/c1-2-29(31(40)36-24-9-5-3-6-10-24)37(19-21-13-14-27(34)28(35)15-21)30(39)20-38(25-17-22(32)16-23(33)18-25)43(41,42)26-11-7-4-8-12-26/h4,7-8,11-18,24,29H,2-3,5-6,9-10,19-20H2,1H3,(H,36,40). The number of hydrogen-bond acceptors (Lipinski definition) is 4. The summed E-state index contributed by atoms with van der Waals surface area (Å²) >= 11 is 24.9. The first-order chi connectivity index (χ1) is 20.5. The van der Waals surface area contributed by atoms with Crippen LogP contribution in [0.2, 0.25) is 20.1 Å². The third kappa shape index (κ3) is 8.58. The van der Waals surface area contributed by atoms with Crippen LogP contribution < -0.4 is 9.62 Å². The number of benzene rings is 3. The zero-order valence-electron chi connectivity index (χ0n) is 23.6. The summed E-state index contributed by atoms with van der Waals surface area (Å²) in [7, 11) is -4.25. The molecule has 1 saturated carbocycles. The largest absolute Gasteiger partial charge is 0.352 e. The van der Waals surface area contributed by atoms with Gasteiger partial charge in [0.25, 0.3) is 10.0 Å². The van der Waals surface area contributed by atoms with E-state index in [4.69, 9.17) is 46.4 Å². The number of nitrogens with zero attached hydrogens (tertiary/aromatic N) is 2. The minimum absolute atomic E-state index is 0.00183. The van der Waals surface area contributed by atoms with Crippen molar-refractivity contribution in [1.29, 1.82) is 0 Å². The van der Waals surface area contributed by atoms with Crippen molar-refractivity contribution < 1.29 is 18.0 Å². The van der Waals surface area contributed by atoms with Gasteiger partial charge in [0.2, 0.25) is 11.8 Å². The summed E-state index contributed by atoms with van der Waals surface area (Å²) in [6.07, 6.45) is 5.25. The van der Waals surface area contributed by atoms with E-state index < -0.39 is 28.5 Å². The van der Waals surface area contributed by atoms with Crippen LogP contribution in [0.1, 0.15) is 51.0 Å². The van der Waals surface area contributed by atoms with E-state index in [0.29, 0.717) is 22.0 Å². The van der Waals surface area contributed by atoms with Gasteiger partial charge < -0.3 is 10.2 Å². The molecule has 0 aromatic heterocycles. The lowest BCUT2D eigenvalue weighted by Gasteiger charge is -2.34. The number of nitrogens with one attached hydrogen (secondary N) is 1. The van der Waals surface area contributed by atoms with Gasteiger partial charge in [-0.15, -0.1) is 0 Å². The Bertz CT molecular complexity index is 1530. The normalized spacial score (nSPS) is 14.6. The summed E-state index contributed by atoms with van der Waals surface area (Å²) in [4.78, 5) is 29.3. The van der Waals surface area contributed by atoms with Crippen LogP contribution in [0.5, 0.6) is 0 Å². The van der Waals surface area contributed by atoms with Gasteiger partial charge >= 0.3 is 0 Å².